The molecule has 0 radical (unpaired) electrons. The van der Waals surface area contributed by atoms with Gasteiger partial charge in [-0.3, -0.25) is 4.79 Å². The number of nitrogens with zero attached hydrogens (tertiary/aromatic N) is 1. The Morgan fingerprint density at radius 2 is 1.74 bits per heavy atom. The Kier molecular flexibility index (Phi) is 4.09. The fraction of sp³-hybridized carbons (Fsp3) is 0.417. The number of halogens is 3. The summed E-state index contributed by atoms with van der Waals surface area (Å²) in [5.41, 5.74) is 2.46. The molecule has 1 amide bonds. The van der Waals surface area contributed by atoms with E-state index in [4.69, 9.17) is 10.5 Å². The summed E-state index contributed by atoms with van der Waals surface area (Å²) in [7, 11) is 2.70. The molecule has 1 aromatic rings. The predicted octanol–water partition coefficient (Wildman–Crippen LogP) is 1.94. The van der Waals surface area contributed by atoms with Gasteiger partial charge in [0.25, 0.3) is 5.91 Å². The van der Waals surface area contributed by atoms with E-state index in [1.807, 2.05) is 0 Å². The first kappa shape index (κ1) is 15.3. The molecule has 1 rings (SSSR count). The van der Waals surface area contributed by atoms with Crippen LogP contribution in [0.15, 0.2) is 24.3 Å². The number of methoxy groups -OCH3 is 1. The third kappa shape index (κ3) is 2.98. The van der Waals surface area contributed by atoms with Crippen molar-refractivity contribution >= 4 is 11.6 Å². The zero-order valence-corrected chi connectivity index (χ0v) is 10.8. The third-order valence-electron chi connectivity index (χ3n) is 2.80. The lowest BCUT2D eigenvalue weighted by Gasteiger charge is -2.30. The molecule has 0 saturated carbocycles. The lowest BCUT2D eigenvalue weighted by Crippen LogP contribution is -2.61. The molecular formula is C12H15F3N2O2. The van der Waals surface area contributed by atoms with Crippen LogP contribution in [-0.4, -0.2) is 31.8 Å². The van der Waals surface area contributed by atoms with Gasteiger partial charge in [-0.05, 0) is 31.2 Å². The number of ether oxygens (including phenoxy) is 1. The zero-order valence-electron chi connectivity index (χ0n) is 10.8. The summed E-state index contributed by atoms with van der Waals surface area (Å²) in [4.78, 5) is 12.7. The number of anilines is 1. The van der Waals surface area contributed by atoms with E-state index in [0.717, 1.165) is 4.90 Å². The fourth-order valence-corrected chi connectivity index (χ4v) is 1.39. The number of hydrogen-bond donors (Lipinski definition) is 1. The van der Waals surface area contributed by atoms with Crippen LogP contribution < -0.4 is 15.4 Å². The van der Waals surface area contributed by atoms with Gasteiger partial charge in [0.05, 0.1) is 7.11 Å². The maximum absolute atomic E-state index is 12.7. The first-order valence-electron chi connectivity index (χ1n) is 5.39. The summed E-state index contributed by atoms with van der Waals surface area (Å²) in [6.45, 7) is 0.648. The van der Waals surface area contributed by atoms with E-state index in [-0.39, 0.29) is 0 Å². The van der Waals surface area contributed by atoms with Gasteiger partial charge in [0, 0.05) is 12.7 Å². The van der Waals surface area contributed by atoms with E-state index in [1.54, 1.807) is 12.1 Å². The van der Waals surface area contributed by atoms with Crippen LogP contribution in [-0.2, 0) is 4.79 Å². The summed E-state index contributed by atoms with van der Waals surface area (Å²) >= 11 is 0. The number of hydrogen-bond acceptors (Lipinski definition) is 3. The lowest BCUT2D eigenvalue weighted by atomic mass is 10.0. The van der Waals surface area contributed by atoms with Gasteiger partial charge in [-0.25, -0.2) is 0 Å². The highest BCUT2D eigenvalue weighted by atomic mass is 19.4. The van der Waals surface area contributed by atoms with Crippen molar-refractivity contribution in [3.8, 4) is 5.75 Å². The van der Waals surface area contributed by atoms with Gasteiger partial charge in [0.15, 0.2) is 5.54 Å². The molecule has 1 atom stereocenters. The van der Waals surface area contributed by atoms with Crippen molar-refractivity contribution < 1.29 is 22.7 Å². The summed E-state index contributed by atoms with van der Waals surface area (Å²) in [6.07, 6.45) is -4.81. The summed E-state index contributed by atoms with van der Waals surface area (Å²) < 4.78 is 43.0. The second kappa shape index (κ2) is 5.08. The molecule has 1 aromatic carbocycles. The predicted molar refractivity (Wildman–Crippen MR) is 65.1 cm³/mol. The normalized spacial score (nSPS) is 14.7. The molecule has 0 heterocycles. The van der Waals surface area contributed by atoms with Crippen LogP contribution in [0.2, 0.25) is 0 Å². The Labute approximate surface area is 108 Å². The third-order valence-corrected chi connectivity index (χ3v) is 2.80. The largest absolute Gasteiger partial charge is 0.497 e. The van der Waals surface area contributed by atoms with E-state index in [0.29, 0.717) is 18.4 Å². The number of amides is 1. The highest BCUT2D eigenvalue weighted by molar-refractivity contribution is 6.00. The highest BCUT2D eigenvalue weighted by Gasteiger charge is 2.55. The second-order valence-corrected chi connectivity index (χ2v) is 4.26. The van der Waals surface area contributed by atoms with Gasteiger partial charge in [0.1, 0.15) is 5.75 Å². The maximum atomic E-state index is 12.7. The molecule has 0 saturated heterocycles. The molecule has 0 aliphatic heterocycles. The molecule has 1 unspecified atom stereocenters. The molecule has 7 heteroatoms. The van der Waals surface area contributed by atoms with Crippen molar-refractivity contribution in [3.05, 3.63) is 24.3 Å². The van der Waals surface area contributed by atoms with E-state index in [9.17, 15) is 18.0 Å². The van der Waals surface area contributed by atoms with Crippen LogP contribution >= 0.6 is 0 Å². The van der Waals surface area contributed by atoms with Crippen LogP contribution in [0, 0.1) is 0 Å². The van der Waals surface area contributed by atoms with Crippen molar-refractivity contribution in [2.24, 2.45) is 5.73 Å². The summed E-state index contributed by atoms with van der Waals surface area (Å²) in [5, 5.41) is 0. The molecule has 0 aliphatic carbocycles. The Balaban J connectivity index is 2.99. The number of nitrogens with two attached hydrogens (primary N) is 1. The standard InChI is InChI=1S/C12H15F3N2O2/c1-11(16,12(13,14)15)10(18)17(2)8-4-6-9(19-3)7-5-8/h4-7H,16H2,1-3H3. The average molecular weight is 276 g/mol. The minimum absolute atomic E-state index is 0.298. The van der Waals surface area contributed by atoms with Crippen molar-refractivity contribution in [3.63, 3.8) is 0 Å². The van der Waals surface area contributed by atoms with Gasteiger partial charge in [0.2, 0.25) is 0 Å². The SMILES string of the molecule is COc1ccc(N(C)C(=O)C(C)(N)C(F)(F)F)cc1. The zero-order chi connectivity index (χ0) is 14.8. The van der Waals surface area contributed by atoms with E-state index in [2.05, 4.69) is 0 Å². The average Bonchev–Trinajstić information content (AvgIpc) is 2.35. The first-order chi connectivity index (χ1) is 8.61. The number of likely N-dealkylation sites (N-methyl/N-ethyl adjacent to an activating group) is 1. The van der Waals surface area contributed by atoms with Gasteiger partial charge < -0.3 is 15.4 Å². The second-order valence-electron chi connectivity index (χ2n) is 4.26. The smallest absolute Gasteiger partial charge is 0.415 e. The molecular weight excluding hydrogens is 261 g/mol. The maximum Gasteiger partial charge on any atom is 0.415 e. The molecule has 106 valence electrons. The lowest BCUT2D eigenvalue weighted by molar-refractivity contribution is -0.185. The van der Waals surface area contributed by atoms with Crippen molar-refractivity contribution in [1.82, 2.24) is 0 Å². The topological polar surface area (TPSA) is 55.6 Å². The van der Waals surface area contributed by atoms with Gasteiger partial charge in [-0.15, -0.1) is 0 Å². The van der Waals surface area contributed by atoms with Crippen molar-refractivity contribution in [1.29, 1.82) is 0 Å². The van der Waals surface area contributed by atoms with Crippen LogP contribution in [0.5, 0.6) is 5.75 Å². The van der Waals surface area contributed by atoms with E-state index >= 15 is 0 Å². The Bertz CT molecular complexity index is 455. The van der Waals surface area contributed by atoms with Crippen LogP contribution in [0.3, 0.4) is 0 Å². The van der Waals surface area contributed by atoms with Crippen molar-refractivity contribution in [2.75, 3.05) is 19.1 Å². The molecule has 0 fully saturated rings. The summed E-state index contributed by atoms with van der Waals surface area (Å²) in [5.74, 6) is -0.693. The number of benzene rings is 1. The highest BCUT2D eigenvalue weighted by Crippen LogP contribution is 2.30. The summed E-state index contributed by atoms with van der Waals surface area (Å²) in [6, 6.07) is 6.04. The molecule has 0 spiro atoms. The monoisotopic (exact) mass is 276 g/mol. The minimum Gasteiger partial charge on any atom is -0.497 e. The van der Waals surface area contributed by atoms with E-state index in [1.165, 1.54) is 26.3 Å². The molecule has 4 nitrogen and oxygen atoms in total. The fourth-order valence-electron chi connectivity index (χ4n) is 1.39. The number of rotatable bonds is 3. The Morgan fingerprint density at radius 3 is 2.11 bits per heavy atom. The molecule has 0 bridgehead atoms. The van der Waals surface area contributed by atoms with Crippen LogP contribution in [0.1, 0.15) is 6.92 Å². The Hall–Kier alpha value is -1.76. The molecule has 0 aliphatic rings. The van der Waals surface area contributed by atoms with Gasteiger partial charge in [-0.1, -0.05) is 0 Å². The van der Waals surface area contributed by atoms with E-state index < -0.39 is 17.6 Å². The molecule has 0 aromatic heterocycles. The van der Waals surface area contributed by atoms with Gasteiger partial charge in [-0.2, -0.15) is 13.2 Å². The number of carbonyl (C=O) groups excluding carboxylic acids is 1. The number of carbonyl (C=O) groups is 1. The van der Waals surface area contributed by atoms with Crippen LogP contribution in [0.25, 0.3) is 0 Å². The molecule has 2 N–H and O–H groups in total. The molecule has 19 heavy (non-hydrogen) atoms. The minimum atomic E-state index is -4.81. The van der Waals surface area contributed by atoms with Gasteiger partial charge >= 0.3 is 6.18 Å². The van der Waals surface area contributed by atoms with Crippen LogP contribution in [0.4, 0.5) is 18.9 Å². The Morgan fingerprint density at radius 1 is 1.26 bits per heavy atom. The quantitative estimate of drug-likeness (QED) is 0.918. The first-order valence-corrected chi connectivity index (χ1v) is 5.39. The number of alkyl halides is 3. The van der Waals surface area contributed by atoms with Crippen molar-refractivity contribution in [2.45, 2.75) is 18.6 Å².